The summed E-state index contributed by atoms with van der Waals surface area (Å²) in [7, 11) is 0. The summed E-state index contributed by atoms with van der Waals surface area (Å²) in [4.78, 5) is 14.5. The maximum absolute atomic E-state index is 12.5. The second kappa shape index (κ2) is 7.09. The van der Waals surface area contributed by atoms with Gasteiger partial charge < -0.3 is 10.6 Å². The Labute approximate surface area is 126 Å². The number of nitrogens with zero attached hydrogens (tertiary/aromatic N) is 1. The second-order valence-corrected chi connectivity index (χ2v) is 5.95. The van der Waals surface area contributed by atoms with Gasteiger partial charge in [0.15, 0.2) is 0 Å². The van der Waals surface area contributed by atoms with E-state index in [4.69, 9.17) is 17.3 Å². The summed E-state index contributed by atoms with van der Waals surface area (Å²) in [5.41, 5.74) is 6.85. The monoisotopic (exact) mass is 294 g/mol. The molecule has 0 spiro atoms. The van der Waals surface area contributed by atoms with Gasteiger partial charge in [0.25, 0.3) is 0 Å². The summed E-state index contributed by atoms with van der Waals surface area (Å²) in [5, 5.41) is 0.732. The van der Waals surface area contributed by atoms with E-state index in [-0.39, 0.29) is 11.9 Å². The fourth-order valence-electron chi connectivity index (χ4n) is 2.88. The van der Waals surface area contributed by atoms with Crippen molar-refractivity contribution in [2.24, 2.45) is 11.7 Å². The Balaban J connectivity index is 2.09. The maximum Gasteiger partial charge on any atom is 0.223 e. The molecule has 1 saturated heterocycles. The average Bonchev–Trinajstić information content (AvgIpc) is 2.94. The van der Waals surface area contributed by atoms with Crippen molar-refractivity contribution < 1.29 is 4.79 Å². The number of hydrogen-bond donors (Lipinski definition) is 1. The average molecular weight is 295 g/mol. The summed E-state index contributed by atoms with van der Waals surface area (Å²) in [6.07, 6.45) is 3.59. The molecule has 1 aliphatic rings. The molecule has 2 atom stereocenters. The molecule has 2 rings (SSSR count). The van der Waals surface area contributed by atoms with Crippen molar-refractivity contribution >= 4 is 17.5 Å². The van der Waals surface area contributed by atoms with E-state index in [1.165, 1.54) is 0 Å². The van der Waals surface area contributed by atoms with E-state index in [2.05, 4.69) is 13.0 Å². The summed E-state index contributed by atoms with van der Waals surface area (Å²) < 4.78 is 0. The highest BCUT2D eigenvalue weighted by Crippen LogP contribution is 2.33. The lowest BCUT2D eigenvalue weighted by Gasteiger charge is -2.27. The van der Waals surface area contributed by atoms with Crippen LogP contribution in [0.15, 0.2) is 24.3 Å². The first-order valence-electron chi connectivity index (χ1n) is 7.40. The van der Waals surface area contributed by atoms with Crippen LogP contribution in [-0.2, 0) is 4.79 Å². The number of nitrogens with two attached hydrogens (primary N) is 1. The Morgan fingerprint density at radius 1 is 1.55 bits per heavy atom. The van der Waals surface area contributed by atoms with Gasteiger partial charge in [-0.25, -0.2) is 0 Å². The van der Waals surface area contributed by atoms with Crippen LogP contribution in [0.5, 0.6) is 0 Å². The number of rotatable bonds is 5. The number of benzene rings is 1. The van der Waals surface area contributed by atoms with Gasteiger partial charge in [0.05, 0.1) is 6.04 Å². The summed E-state index contributed by atoms with van der Waals surface area (Å²) in [5.74, 6) is 0.521. The predicted molar refractivity (Wildman–Crippen MR) is 82.6 cm³/mol. The second-order valence-electron chi connectivity index (χ2n) is 5.51. The Morgan fingerprint density at radius 2 is 2.35 bits per heavy atom. The molecule has 0 radical (unpaired) electrons. The van der Waals surface area contributed by atoms with Crippen LogP contribution in [0.25, 0.3) is 0 Å². The van der Waals surface area contributed by atoms with Crippen LogP contribution < -0.4 is 5.73 Å². The minimum atomic E-state index is 0.177. The molecule has 1 aromatic carbocycles. The largest absolute Gasteiger partial charge is 0.336 e. The quantitative estimate of drug-likeness (QED) is 0.905. The van der Waals surface area contributed by atoms with E-state index in [1.807, 2.05) is 23.1 Å². The van der Waals surface area contributed by atoms with Gasteiger partial charge >= 0.3 is 0 Å². The van der Waals surface area contributed by atoms with Gasteiger partial charge in [-0.2, -0.15) is 0 Å². The van der Waals surface area contributed by atoms with E-state index in [1.54, 1.807) is 0 Å². The van der Waals surface area contributed by atoms with Crippen molar-refractivity contribution in [2.75, 3.05) is 13.1 Å². The molecule has 3 nitrogen and oxygen atoms in total. The fraction of sp³-hybridized carbons (Fsp3) is 0.562. The van der Waals surface area contributed by atoms with Crippen LogP contribution in [0.2, 0.25) is 5.02 Å². The molecule has 20 heavy (non-hydrogen) atoms. The van der Waals surface area contributed by atoms with E-state index >= 15 is 0 Å². The van der Waals surface area contributed by atoms with Crippen LogP contribution in [0.3, 0.4) is 0 Å². The van der Waals surface area contributed by atoms with Crippen molar-refractivity contribution in [2.45, 2.75) is 38.6 Å². The molecule has 1 aromatic rings. The highest BCUT2D eigenvalue weighted by molar-refractivity contribution is 6.30. The molecule has 2 N–H and O–H groups in total. The lowest BCUT2D eigenvalue weighted by molar-refractivity contribution is -0.133. The zero-order chi connectivity index (χ0) is 14.5. The molecule has 0 aliphatic carbocycles. The summed E-state index contributed by atoms with van der Waals surface area (Å²) in [6, 6.07) is 8.03. The Kier molecular flexibility index (Phi) is 5.44. The van der Waals surface area contributed by atoms with Gasteiger partial charge in [-0.1, -0.05) is 37.1 Å². The number of amides is 1. The maximum atomic E-state index is 12.5. The smallest absolute Gasteiger partial charge is 0.223 e. The van der Waals surface area contributed by atoms with Gasteiger partial charge in [0.1, 0.15) is 0 Å². The first kappa shape index (κ1) is 15.3. The number of likely N-dealkylation sites (tertiary alicyclic amines) is 1. The first-order valence-corrected chi connectivity index (χ1v) is 7.78. The van der Waals surface area contributed by atoms with Crippen molar-refractivity contribution in [3.8, 4) is 0 Å². The van der Waals surface area contributed by atoms with Crippen LogP contribution in [0.1, 0.15) is 44.2 Å². The zero-order valence-corrected chi connectivity index (χ0v) is 12.8. The topological polar surface area (TPSA) is 46.3 Å². The SMILES string of the molecule is CCC(CN)CC(=O)N1CCCC1c1cccc(Cl)c1. The van der Waals surface area contributed by atoms with Crippen molar-refractivity contribution in [1.29, 1.82) is 0 Å². The van der Waals surface area contributed by atoms with E-state index in [0.29, 0.717) is 18.9 Å². The van der Waals surface area contributed by atoms with E-state index < -0.39 is 0 Å². The van der Waals surface area contributed by atoms with Crippen LogP contribution in [-0.4, -0.2) is 23.9 Å². The van der Waals surface area contributed by atoms with Crippen molar-refractivity contribution in [3.05, 3.63) is 34.9 Å². The van der Waals surface area contributed by atoms with Gasteiger partial charge in [0, 0.05) is 18.0 Å². The Bertz CT molecular complexity index is 460. The molecule has 0 saturated carbocycles. The number of carbonyl (C=O) groups excluding carboxylic acids is 1. The third kappa shape index (κ3) is 3.53. The minimum Gasteiger partial charge on any atom is -0.336 e. The van der Waals surface area contributed by atoms with Crippen molar-refractivity contribution in [1.82, 2.24) is 4.90 Å². The molecule has 0 bridgehead atoms. The molecule has 1 fully saturated rings. The normalized spacial score (nSPS) is 20.1. The molecule has 1 amide bonds. The van der Waals surface area contributed by atoms with Crippen LogP contribution in [0.4, 0.5) is 0 Å². The molecule has 2 unspecified atom stereocenters. The predicted octanol–water partition coefficient (Wildman–Crippen LogP) is 3.38. The van der Waals surface area contributed by atoms with Gasteiger partial charge in [-0.05, 0) is 43.0 Å². The van der Waals surface area contributed by atoms with E-state index in [9.17, 15) is 4.79 Å². The summed E-state index contributed by atoms with van der Waals surface area (Å²) in [6.45, 7) is 3.51. The molecule has 4 heteroatoms. The van der Waals surface area contributed by atoms with Crippen molar-refractivity contribution in [3.63, 3.8) is 0 Å². The molecular weight excluding hydrogens is 272 g/mol. The third-order valence-corrected chi connectivity index (χ3v) is 4.42. The fourth-order valence-corrected chi connectivity index (χ4v) is 3.08. The Morgan fingerprint density at radius 3 is 3.00 bits per heavy atom. The number of carbonyl (C=O) groups is 1. The van der Waals surface area contributed by atoms with Crippen LogP contribution >= 0.6 is 11.6 Å². The molecule has 1 heterocycles. The highest BCUT2D eigenvalue weighted by atomic mass is 35.5. The third-order valence-electron chi connectivity index (χ3n) is 4.18. The molecule has 1 aliphatic heterocycles. The first-order chi connectivity index (χ1) is 9.65. The Hall–Kier alpha value is -1.06. The van der Waals surface area contributed by atoms with Gasteiger partial charge in [-0.3, -0.25) is 4.79 Å². The van der Waals surface area contributed by atoms with E-state index in [0.717, 1.165) is 36.4 Å². The molecule has 110 valence electrons. The van der Waals surface area contributed by atoms with Gasteiger partial charge in [-0.15, -0.1) is 0 Å². The van der Waals surface area contributed by atoms with Crippen LogP contribution in [0, 0.1) is 5.92 Å². The highest BCUT2D eigenvalue weighted by Gasteiger charge is 2.30. The van der Waals surface area contributed by atoms with Gasteiger partial charge in [0.2, 0.25) is 5.91 Å². The molecular formula is C16H23ClN2O. The summed E-state index contributed by atoms with van der Waals surface area (Å²) >= 11 is 6.06. The number of halogens is 1. The number of hydrogen-bond acceptors (Lipinski definition) is 2. The lowest BCUT2D eigenvalue weighted by Crippen LogP contribution is -2.33. The zero-order valence-electron chi connectivity index (χ0n) is 12.0. The lowest BCUT2D eigenvalue weighted by atomic mass is 10.0. The standard InChI is InChI=1S/C16H23ClN2O/c1-2-12(11-18)9-16(20)19-8-4-7-15(19)13-5-3-6-14(17)10-13/h3,5-6,10,12,15H,2,4,7-9,11,18H2,1H3. The minimum absolute atomic E-state index is 0.177. The molecule has 0 aromatic heterocycles.